The summed E-state index contributed by atoms with van der Waals surface area (Å²) in [5, 5.41) is 9.68. The van der Waals surface area contributed by atoms with Crippen molar-refractivity contribution in [2.24, 2.45) is 0 Å². The fraction of sp³-hybridized carbons (Fsp3) is 0.641. The molecule has 9 heteroatoms. The lowest BCUT2D eigenvalue weighted by atomic mass is 10.0. The van der Waals surface area contributed by atoms with Crippen LogP contribution in [0.1, 0.15) is 206 Å². The van der Waals surface area contributed by atoms with Crippen molar-refractivity contribution in [3.8, 4) is 0 Å². The van der Waals surface area contributed by atoms with Crippen LogP contribution < -0.4 is 0 Å². The van der Waals surface area contributed by atoms with Crippen LogP contribution in [0.5, 0.6) is 0 Å². The summed E-state index contributed by atoms with van der Waals surface area (Å²) in [5.41, 5.74) is 0. The molecule has 9 nitrogen and oxygen atoms in total. The second-order valence-corrected chi connectivity index (χ2v) is 19.9. The van der Waals surface area contributed by atoms with Crippen LogP contribution in [0.25, 0.3) is 0 Å². The first kappa shape index (κ1) is 68.7. The largest absolute Gasteiger partial charge is 0.477 e. The molecule has 0 aliphatic carbocycles. The second-order valence-electron chi connectivity index (χ2n) is 19.9. The van der Waals surface area contributed by atoms with Gasteiger partial charge in [0, 0.05) is 6.42 Å². The van der Waals surface area contributed by atoms with Gasteiger partial charge < -0.3 is 28.5 Å². The minimum Gasteiger partial charge on any atom is -0.477 e. The minimum absolute atomic E-state index is 0.0654. The number of hydrogen-bond acceptors (Lipinski definition) is 7. The number of unbranched alkanes of at least 4 members (excludes halogenated alkanes) is 17. The number of allylic oxidation sites excluding steroid dienone is 19. The number of hydrogen-bond donors (Lipinski definition) is 1. The number of quaternary nitrogens is 1. The molecule has 2 atom stereocenters. The van der Waals surface area contributed by atoms with Crippen LogP contribution in [0, 0.1) is 0 Å². The van der Waals surface area contributed by atoms with Crippen molar-refractivity contribution in [1.82, 2.24) is 0 Å². The summed E-state index contributed by atoms with van der Waals surface area (Å²) >= 11 is 0. The Hall–Kier alpha value is -4.31. The van der Waals surface area contributed by atoms with Crippen molar-refractivity contribution in [1.29, 1.82) is 0 Å². The van der Waals surface area contributed by atoms with Gasteiger partial charge in [-0.1, -0.05) is 232 Å². The maximum absolute atomic E-state index is 12.9. The predicted octanol–water partition coefficient (Wildman–Crippen LogP) is 16.9. The maximum Gasteiger partial charge on any atom is 0.361 e. The van der Waals surface area contributed by atoms with Gasteiger partial charge in [-0.15, -0.1) is 0 Å². The number of aliphatic carboxylic acids is 1. The quantitative estimate of drug-likeness (QED) is 0.0211. The Bertz CT molecular complexity index is 1610. The van der Waals surface area contributed by atoms with Crippen molar-refractivity contribution in [2.75, 3.05) is 47.5 Å². The number of carboxylic acids is 1. The first-order valence-electron chi connectivity index (χ1n) is 28.7. The van der Waals surface area contributed by atoms with Crippen LogP contribution in [0.3, 0.4) is 0 Å². The summed E-state index contributed by atoms with van der Waals surface area (Å²) in [5.74, 6) is -2.18. The maximum atomic E-state index is 12.9. The molecular weight excluding hydrogens is 911 g/mol. The zero-order chi connectivity index (χ0) is 53.4. The van der Waals surface area contributed by atoms with E-state index in [1.165, 1.54) is 89.9 Å². The van der Waals surface area contributed by atoms with E-state index in [1.54, 1.807) is 6.08 Å². The van der Waals surface area contributed by atoms with E-state index in [0.29, 0.717) is 23.9 Å². The van der Waals surface area contributed by atoms with E-state index in [0.717, 1.165) is 77.0 Å². The highest BCUT2D eigenvalue weighted by Crippen LogP contribution is 2.16. The number of rotatable bonds is 51. The van der Waals surface area contributed by atoms with E-state index in [-0.39, 0.29) is 32.7 Å². The molecule has 0 aromatic rings. The molecule has 414 valence electrons. The van der Waals surface area contributed by atoms with E-state index in [9.17, 15) is 19.5 Å². The van der Waals surface area contributed by atoms with E-state index < -0.39 is 30.3 Å². The van der Waals surface area contributed by atoms with Gasteiger partial charge in [0.15, 0.2) is 6.10 Å². The zero-order valence-corrected chi connectivity index (χ0v) is 47.0. The van der Waals surface area contributed by atoms with Crippen molar-refractivity contribution in [2.45, 2.75) is 219 Å². The SMILES string of the molecule is CC/C=C\C/C=C\C/C=C\C/C=C\C/C=C\CCCCCCCCCCCCCCCCCCCC(=O)OC(COC(=O)C/C=C\C/C=C\C/C=C\C/C=C\C/C=C\CC)COC(OCC[N+](C)(C)C)C(=O)O. The molecule has 0 rings (SSSR count). The zero-order valence-electron chi connectivity index (χ0n) is 47.0. The number of esters is 2. The van der Waals surface area contributed by atoms with E-state index >= 15 is 0 Å². The second kappa shape index (κ2) is 54.0. The highest BCUT2D eigenvalue weighted by Gasteiger charge is 2.25. The van der Waals surface area contributed by atoms with Crippen LogP contribution >= 0.6 is 0 Å². The monoisotopic (exact) mass is 1020 g/mol. The molecule has 0 aromatic heterocycles. The molecule has 0 spiro atoms. The summed E-state index contributed by atoms with van der Waals surface area (Å²) < 4.78 is 22.7. The van der Waals surface area contributed by atoms with Crippen LogP contribution in [-0.2, 0) is 33.3 Å². The van der Waals surface area contributed by atoms with E-state index in [4.69, 9.17) is 18.9 Å². The lowest BCUT2D eigenvalue weighted by Crippen LogP contribution is -2.40. The van der Waals surface area contributed by atoms with Gasteiger partial charge in [-0.05, 0) is 83.5 Å². The van der Waals surface area contributed by atoms with Crippen LogP contribution in [0.15, 0.2) is 122 Å². The van der Waals surface area contributed by atoms with Crippen LogP contribution in [0.4, 0.5) is 0 Å². The highest BCUT2D eigenvalue weighted by atomic mass is 16.7. The van der Waals surface area contributed by atoms with Gasteiger partial charge in [-0.25, -0.2) is 4.79 Å². The lowest BCUT2D eigenvalue weighted by molar-refractivity contribution is -0.870. The number of carbonyl (C=O) groups excluding carboxylic acids is 2. The molecular formula is C64H106NO8+. The van der Waals surface area contributed by atoms with E-state index in [2.05, 4.69) is 117 Å². The molecule has 73 heavy (non-hydrogen) atoms. The third kappa shape index (κ3) is 55.3. The van der Waals surface area contributed by atoms with Gasteiger partial charge in [0.1, 0.15) is 13.2 Å². The molecule has 2 unspecified atom stereocenters. The molecule has 0 saturated carbocycles. The first-order valence-corrected chi connectivity index (χ1v) is 28.7. The fourth-order valence-electron chi connectivity index (χ4n) is 7.41. The standard InChI is InChI=1S/C64H105NO8/c1-6-8-10-12-14-16-18-20-22-23-24-25-26-27-28-29-30-31-32-33-34-35-36-37-38-39-41-43-45-47-49-51-53-55-62(67)73-60(59-72-64(63(68)69)70-57-56-65(3,4)5)58-71-61(66)54-52-50-48-46-44-42-40-21-19-17-15-13-11-9-7-2/h8-11,14-17,20-22,24-25,27-28,40,44,46,50,52,60,64H,6-7,12-13,18-19,23,26,29-39,41-43,45,47-49,51,53-59H2,1-5H3/p+1/b10-8-,11-9-,16-14-,17-15-,22-20-,25-24-,28-27-,40-21-,46-44-,52-50-. The Morgan fingerprint density at radius 3 is 1.16 bits per heavy atom. The third-order valence-corrected chi connectivity index (χ3v) is 11.7. The molecule has 0 radical (unpaired) electrons. The summed E-state index contributed by atoms with van der Waals surface area (Å²) in [6, 6.07) is 0. The fourth-order valence-corrected chi connectivity index (χ4v) is 7.41. The number of carboxylic acid groups (broad SMARTS) is 1. The molecule has 0 bridgehead atoms. The van der Waals surface area contributed by atoms with Gasteiger partial charge in [-0.3, -0.25) is 9.59 Å². The first-order chi connectivity index (χ1) is 35.6. The van der Waals surface area contributed by atoms with Crippen LogP contribution in [-0.4, -0.2) is 87.4 Å². The molecule has 0 amide bonds. The molecule has 0 aliphatic heterocycles. The summed E-state index contributed by atoms with van der Waals surface area (Å²) in [6.07, 6.45) is 73.2. The Kier molecular flexibility index (Phi) is 50.8. The number of nitrogens with zero attached hydrogens (tertiary/aromatic N) is 1. The molecule has 0 fully saturated rings. The number of likely N-dealkylation sites (N-methyl/N-ethyl adjacent to an activating group) is 1. The number of ether oxygens (including phenoxy) is 4. The van der Waals surface area contributed by atoms with Crippen LogP contribution in [0.2, 0.25) is 0 Å². The Morgan fingerprint density at radius 2 is 0.781 bits per heavy atom. The Morgan fingerprint density at radius 1 is 0.425 bits per heavy atom. The number of carbonyl (C=O) groups is 3. The van der Waals surface area contributed by atoms with Crippen molar-refractivity contribution in [3.63, 3.8) is 0 Å². The predicted molar refractivity (Wildman–Crippen MR) is 308 cm³/mol. The molecule has 0 aromatic carbocycles. The van der Waals surface area contributed by atoms with Gasteiger partial charge in [0.05, 0.1) is 40.8 Å². The molecule has 1 N–H and O–H groups in total. The summed E-state index contributed by atoms with van der Waals surface area (Å²) in [4.78, 5) is 37.3. The Balaban J connectivity index is 4.20. The topological polar surface area (TPSA) is 108 Å². The normalized spacial score (nSPS) is 13.7. The molecule has 0 saturated heterocycles. The van der Waals surface area contributed by atoms with Gasteiger partial charge in [-0.2, -0.15) is 0 Å². The van der Waals surface area contributed by atoms with Gasteiger partial charge in [0.25, 0.3) is 6.29 Å². The average molecular weight is 1020 g/mol. The smallest absolute Gasteiger partial charge is 0.361 e. The van der Waals surface area contributed by atoms with Gasteiger partial charge >= 0.3 is 17.9 Å². The van der Waals surface area contributed by atoms with Crippen molar-refractivity contribution >= 4 is 17.9 Å². The van der Waals surface area contributed by atoms with Crippen molar-refractivity contribution < 1.29 is 42.9 Å². The minimum atomic E-state index is -1.53. The third-order valence-electron chi connectivity index (χ3n) is 11.7. The van der Waals surface area contributed by atoms with E-state index in [1.807, 2.05) is 33.3 Å². The van der Waals surface area contributed by atoms with Crippen molar-refractivity contribution in [3.05, 3.63) is 122 Å². The molecule has 0 heterocycles. The highest BCUT2D eigenvalue weighted by molar-refractivity contribution is 5.72. The summed E-state index contributed by atoms with van der Waals surface area (Å²) in [7, 11) is 5.93. The summed E-state index contributed by atoms with van der Waals surface area (Å²) in [6.45, 7) is 4.52. The average Bonchev–Trinajstić information content (AvgIpc) is 3.36. The van der Waals surface area contributed by atoms with Gasteiger partial charge in [0.2, 0.25) is 0 Å². The lowest BCUT2D eigenvalue weighted by Gasteiger charge is -2.25. The molecule has 0 aliphatic rings. The Labute approximate surface area is 447 Å².